The number of aliphatic carboxylic acids is 1. The van der Waals surface area contributed by atoms with Crippen LogP contribution in [0.15, 0.2) is 76.9 Å². The summed E-state index contributed by atoms with van der Waals surface area (Å²) in [6, 6.07) is 21.4. The lowest BCUT2D eigenvalue weighted by Gasteiger charge is -2.12. The summed E-state index contributed by atoms with van der Waals surface area (Å²) in [5, 5.41) is 19.6. The molecule has 150 valence electrons. The van der Waals surface area contributed by atoms with Crippen molar-refractivity contribution < 1.29 is 19.4 Å². The lowest BCUT2D eigenvalue weighted by atomic mass is 10.1. The van der Waals surface area contributed by atoms with E-state index < -0.39 is 12.6 Å². The monoisotopic (exact) mass is 399 g/mol. The molecule has 30 heavy (non-hydrogen) atoms. The molecule has 0 radical (unpaired) electrons. The molecule has 3 aromatic carbocycles. The molecule has 3 aromatic rings. The molecule has 6 heteroatoms. The van der Waals surface area contributed by atoms with Gasteiger partial charge in [0.25, 0.3) is 0 Å². The van der Waals surface area contributed by atoms with E-state index in [1.807, 2.05) is 43.3 Å². The first kappa shape index (κ1) is 19.4. The van der Waals surface area contributed by atoms with E-state index in [1.165, 1.54) is 7.11 Å². The van der Waals surface area contributed by atoms with Gasteiger partial charge in [0.1, 0.15) is 12.3 Å². The van der Waals surface area contributed by atoms with Gasteiger partial charge in [-0.15, -0.1) is 5.10 Å². The average Bonchev–Trinajstić information content (AvgIpc) is 3.09. The zero-order valence-electron chi connectivity index (χ0n) is 16.6. The predicted octanol–water partition coefficient (Wildman–Crippen LogP) is 3.07. The lowest BCUT2D eigenvalue weighted by molar-refractivity contribution is -0.307. The van der Waals surface area contributed by atoms with Crippen LogP contribution in [-0.2, 0) is 4.79 Å². The van der Waals surface area contributed by atoms with E-state index in [2.05, 4.69) is 22.3 Å². The Hall–Kier alpha value is -3.93. The Bertz CT molecular complexity index is 1130. The maximum Gasteiger partial charge on any atom is 0.161 e. The molecule has 0 aromatic heterocycles. The quantitative estimate of drug-likeness (QED) is 0.368. The van der Waals surface area contributed by atoms with Gasteiger partial charge in [0, 0.05) is 16.7 Å². The molecule has 0 saturated carbocycles. The van der Waals surface area contributed by atoms with E-state index in [1.54, 1.807) is 18.2 Å². The van der Waals surface area contributed by atoms with Crippen LogP contribution in [0.1, 0.15) is 23.6 Å². The van der Waals surface area contributed by atoms with Crippen molar-refractivity contribution in [2.75, 3.05) is 13.7 Å². The second kappa shape index (κ2) is 8.21. The number of benzene rings is 3. The molecule has 0 unspecified atom stereocenters. The first-order valence-corrected chi connectivity index (χ1v) is 9.41. The number of carbonyl (C=O) groups is 1. The van der Waals surface area contributed by atoms with Crippen molar-refractivity contribution in [2.45, 2.75) is 6.92 Å². The van der Waals surface area contributed by atoms with Gasteiger partial charge in [-0.3, -0.25) is 0 Å². The Morgan fingerprint density at radius 2 is 1.50 bits per heavy atom. The topological polar surface area (TPSA) is 83.3 Å². The molecule has 4 rings (SSSR count). The van der Waals surface area contributed by atoms with E-state index in [0.717, 1.165) is 33.5 Å². The molecule has 0 aliphatic heterocycles. The normalized spacial score (nSPS) is 12.2. The molecule has 0 N–H and O–H groups in total. The summed E-state index contributed by atoms with van der Waals surface area (Å²) in [4.78, 5) is 10.6. The van der Waals surface area contributed by atoms with E-state index in [4.69, 9.17) is 9.47 Å². The number of fused-ring (bicyclic) bond motifs is 3. The summed E-state index contributed by atoms with van der Waals surface area (Å²) in [7, 11) is 1.49. The number of carboxylic acids is 1. The Kier molecular flexibility index (Phi) is 5.30. The van der Waals surface area contributed by atoms with Gasteiger partial charge in [0.05, 0.1) is 18.8 Å². The number of carboxylic acid groups (broad SMARTS) is 1. The fraction of sp³-hybridized carbons (Fsp3) is 0.125. The summed E-state index contributed by atoms with van der Waals surface area (Å²) in [6.07, 6.45) is 0. The Morgan fingerprint density at radius 3 is 2.07 bits per heavy atom. The third-order valence-corrected chi connectivity index (χ3v) is 4.88. The Labute approximate surface area is 174 Å². The van der Waals surface area contributed by atoms with Crippen molar-refractivity contribution in [3.8, 4) is 22.6 Å². The van der Waals surface area contributed by atoms with Gasteiger partial charge in [-0.2, -0.15) is 5.10 Å². The fourth-order valence-corrected chi connectivity index (χ4v) is 3.43. The molecule has 0 heterocycles. The fourth-order valence-electron chi connectivity index (χ4n) is 3.43. The first-order valence-electron chi connectivity index (χ1n) is 9.41. The van der Waals surface area contributed by atoms with Crippen LogP contribution in [-0.4, -0.2) is 31.1 Å². The molecule has 6 nitrogen and oxygen atoms in total. The number of hydrogen-bond acceptors (Lipinski definition) is 6. The van der Waals surface area contributed by atoms with Crippen molar-refractivity contribution in [2.24, 2.45) is 10.2 Å². The van der Waals surface area contributed by atoms with Gasteiger partial charge in [0.2, 0.25) is 0 Å². The number of nitrogens with zero attached hydrogens (tertiary/aromatic N) is 2. The van der Waals surface area contributed by atoms with Gasteiger partial charge in [-0.1, -0.05) is 48.5 Å². The van der Waals surface area contributed by atoms with Crippen LogP contribution in [0.25, 0.3) is 11.1 Å². The molecule has 0 bridgehead atoms. The van der Waals surface area contributed by atoms with Gasteiger partial charge in [0.15, 0.2) is 11.5 Å². The van der Waals surface area contributed by atoms with Crippen LogP contribution in [0.5, 0.6) is 11.5 Å². The highest BCUT2D eigenvalue weighted by molar-refractivity contribution is 6.24. The molecule has 1 aliphatic carbocycles. The summed E-state index contributed by atoms with van der Waals surface area (Å²) >= 11 is 0. The first-order chi connectivity index (χ1) is 14.6. The van der Waals surface area contributed by atoms with Gasteiger partial charge in [-0.05, 0) is 36.2 Å². The smallest absolute Gasteiger partial charge is 0.161 e. The Morgan fingerprint density at radius 1 is 0.900 bits per heavy atom. The minimum atomic E-state index is -1.30. The van der Waals surface area contributed by atoms with Crippen molar-refractivity contribution in [1.29, 1.82) is 0 Å². The highest BCUT2D eigenvalue weighted by atomic mass is 16.5. The highest BCUT2D eigenvalue weighted by Gasteiger charge is 2.24. The molecular formula is C24H19N2O4-. The summed E-state index contributed by atoms with van der Waals surface area (Å²) in [6.45, 7) is 1.31. The second-order valence-electron chi connectivity index (χ2n) is 6.75. The van der Waals surface area contributed by atoms with Gasteiger partial charge in [-0.25, -0.2) is 0 Å². The van der Waals surface area contributed by atoms with Crippen molar-refractivity contribution in [1.82, 2.24) is 0 Å². The maximum atomic E-state index is 10.6. The number of ether oxygens (including phenoxy) is 2. The third kappa shape index (κ3) is 3.67. The zero-order valence-corrected chi connectivity index (χ0v) is 16.6. The number of carbonyl (C=O) groups excluding carboxylic acids is 1. The van der Waals surface area contributed by atoms with E-state index in [-0.39, 0.29) is 0 Å². The molecule has 0 saturated heterocycles. The zero-order chi connectivity index (χ0) is 21.1. The minimum Gasteiger partial charge on any atom is -0.546 e. The minimum absolute atomic E-state index is 0.322. The van der Waals surface area contributed by atoms with Crippen LogP contribution in [0.3, 0.4) is 0 Å². The van der Waals surface area contributed by atoms with Crippen LogP contribution < -0.4 is 14.6 Å². The van der Waals surface area contributed by atoms with E-state index >= 15 is 0 Å². The van der Waals surface area contributed by atoms with Crippen LogP contribution in [0.4, 0.5) is 0 Å². The van der Waals surface area contributed by atoms with Crippen LogP contribution in [0, 0.1) is 0 Å². The van der Waals surface area contributed by atoms with Crippen molar-refractivity contribution >= 4 is 17.4 Å². The molecule has 0 fully saturated rings. The van der Waals surface area contributed by atoms with Crippen molar-refractivity contribution in [3.63, 3.8) is 0 Å². The largest absolute Gasteiger partial charge is 0.546 e. The van der Waals surface area contributed by atoms with Crippen molar-refractivity contribution in [3.05, 3.63) is 83.4 Å². The molecule has 1 aliphatic rings. The van der Waals surface area contributed by atoms with Crippen LogP contribution >= 0.6 is 0 Å². The third-order valence-electron chi connectivity index (χ3n) is 4.88. The number of rotatable bonds is 6. The summed E-state index contributed by atoms with van der Waals surface area (Å²) in [5.74, 6) is -0.567. The Balaban J connectivity index is 1.68. The predicted molar refractivity (Wildman–Crippen MR) is 113 cm³/mol. The number of hydrogen-bond donors (Lipinski definition) is 0. The average molecular weight is 399 g/mol. The van der Waals surface area contributed by atoms with Gasteiger partial charge >= 0.3 is 0 Å². The van der Waals surface area contributed by atoms with E-state index in [9.17, 15) is 9.90 Å². The highest BCUT2D eigenvalue weighted by Crippen LogP contribution is 2.36. The SMILES string of the molecule is COc1cc(/C(C)=N\N=C2c3ccccc3-c3ccccc32)ccc1OCC(=O)[O-]. The standard InChI is InChI=1S/C24H20N2O4/c1-15(16-11-12-21(22(13-16)29-2)30-14-23(27)28)25-26-24-19-9-5-3-7-17(19)18-8-4-6-10-20(18)24/h3-13H,14H2,1-2H3,(H,27,28)/p-1/b25-15-. The summed E-state index contributed by atoms with van der Waals surface area (Å²) in [5.41, 5.74) is 6.72. The molecule has 0 amide bonds. The second-order valence-corrected chi connectivity index (χ2v) is 6.75. The van der Waals surface area contributed by atoms with Crippen LogP contribution in [0.2, 0.25) is 0 Å². The molecular weight excluding hydrogens is 380 g/mol. The summed E-state index contributed by atoms with van der Waals surface area (Å²) < 4.78 is 10.5. The molecule has 0 spiro atoms. The van der Waals surface area contributed by atoms with Gasteiger partial charge < -0.3 is 19.4 Å². The number of methoxy groups -OCH3 is 1. The lowest BCUT2D eigenvalue weighted by Crippen LogP contribution is -2.29. The van der Waals surface area contributed by atoms with E-state index in [0.29, 0.717) is 17.2 Å². The maximum absolute atomic E-state index is 10.6. The molecule has 0 atom stereocenters.